The molecule has 0 aliphatic carbocycles. The van der Waals surface area contributed by atoms with Gasteiger partial charge in [0.2, 0.25) is 0 Å². The third-order valence-corrected chi connectivity index (χ3v) is 4.15. The second-order valence-electron chi connectivity index (χ2n) is 4.36. The highest BCUT2D eigenvalue weighted by atomic mass is 32.1. The van der Waals surface area contributed by atoms with Crippen LogP contribution in [0, 0.1) is 0 Å². The number of amides is 1. The van der Waals surface area contributed by atoms with Gasteiger partial charge in [-0.1, -0.05) is 6.07 Å². The molecule has 0 bridgehead atoms. The van der Waals surface area contributed by atoms with Crippen LogP contribution in [-0.4, -0.2) is 23.4 Å². The molecule has 0 unspecified atom stereocenters. The maximum Gasteiger partial charge on any atom is 0.255 e. The Bertz CT molecular complexity index is 961. The lowest BCUT2D eigenvalue weighted by molar-refractivity contribution is 0.102. The van der Waals surface area contributed by atoms with Gasteiger partial charge in [0.1, 0.15) is 22.1 Å². The first-order chi connectivity index (χ1) is 10.3. The molecule has 0 atom stereocenters. The van der Waals surface area contributed by atoms with Gasteiger partial charge in [-0.2, -0.15) is 17.5 Å². The highest BCUT2D eigenvalue weighted by molar-refractivity contribution is 7.00. The van der Waals surface area contributed by atoms with E-state index in [1.165, 1.54) is 0 Å². The average molecular weight is 313 g/mol. The Morgan fingerprint density at radius 3 is 2.67 bits per heavy atom. The SMILES string of the molecule is O=C(Nc1cccc2nsnc12)c1ccc2nsnc2c1. The molecule has 0 saturated heterocycles. The highest BCUT2D eigenvalue weighted by Gasteiger charge is 2.11. The number of anilines is 1. The van der Waals surface area contributed by atoms with E-state index in [2.05, 4.69) is 22.8 Å². The van der Waals surface area contributed by atoms with E-state index < -0.39 is 0 Å². The molecule has 0 aliphatic rings. The van der Waals surface area contributed by atoms with Crippen LogP contribution >= 0.6 is 23.5 Å². The first-order valence-electron chi connectivity index (χ1n) is 6.06. The lowest BCUT2D eigenvalue weighted by atomic mass is 10.2. The van der Waals surface area contributed by atoms with Crippen LogP contribution in [0.3, 0.4) is 0 Å². The normalized spacial score (nSPS) is 11.0. The van der Waals surface area contributed by atoms with Crippen molar-refractivity contribution in [3.63, 3.8) is 0 Å². The summed E-state index contributed by atoms with van der Waals surface area (Å²) < 4.78 is 16.6. The number of nitrogens with one attached hydrogen (secondary N) is 1. The van der Waals surface area contributed by atoms with Gasteiger partial charge in [-0.3, -0.25) is 4.79 Å². The molecule has 0 radical (unpaired) electrons. The second-order valence-corrected chi connectivity index (χ2v) is 5.42. The van der Waals surface area contributed by atoms with Gasteiger partial charge in [-0.15, -0.1) is 0 Å². The van der Waals surface area contributed by atoms with E-state index in [1.54, 1.807) is 18.2 Å². The molecule has 1 amide bonds. The lowest BCUT2D eigenvalue weighted by Gasteiger charge is -2.05. The zero-order valence-electron chi connectivity index (χ0n) is 10.5. The number of fused-ring (bicyclic) bond motifs is 2. The number of rotatable bonds is 2. The molecule has 8 heteroatoms. The summed E-state index contributed by atoms with van der Waals surface area (Å²) in [5.74, 6) is -0.203. The van der Waals surface area contributed by atoms with E-state index in [0.717, 1.165) is 40.0 Å². The van der Waals surface area contributed by atoms with Crippen LogP contribution in [0.4, 0.5) is 5.69 Å². The van der Waals surface area contributed by atoms with Crippen molar-refractivity contribution >= 4 is 57.1 Å². The summed E-state index contributed by atoms with van der Waals surface area (Å²) in [7, 11) is 0. The van der Waals surface area contributed by atoms with E-state index in [4.69, 9.17) is 0 Å². The Hall–Kier alpha value is -2.45. The molecule has 0 aliphatic heterocycles. The van der Waals surface area contributed by atoms with Crippen molar-refractivity contribution in [3.8, 4) is 0 Å². The molecule has 0 fully saturated rings. The van der Waals surface area contributed by atoms with Gasteiger partial charge in [0.15, 0.2) is 0 Å². The minimum Gasteiger partial charge on any atom is -0.320 e. The van der Waals surface area contributed by atoms with Crippen LogP contribution in [0.25, 0.3) is 22.1 Å². The first kappa shape index (κ1) is 12.3. The molecular weight excluding hydrogens is 306 g/mol. The average Bonchev–Trinajstić information content (AvgIpc) is 3.15. The van der Waals surface area contributed by atoms with Gasteiger partial charge in [0.05, 0.1) is 29.1 Å². The van der Waals surface area contributed by atoms with E-state index in [1.807, 2.05) is 18.2 Å². The molecule has 102 valence electrons. The molecule has 1 N–H and O–H groups in total. The van der Waals surface area contributed by atoms with E-state index in [0.29, 0.717) is 16.8 Å². The van der Waals surface area contributed by atoms with E-state index in [-0.39, 0.29) is 5.91 Å². The van der Waals surface area contributed by atoms with Gasteiger partial charge in [-0.25, -0.2) is 0 Å². The largest absolute Gasteiger partial charge is 0.320 e. The van der Waals surface area contributed by atoms with Crippen LogP contribution in [-0.2, 0) is 0 Å². The summed E-state index contributed by atoms with van der Waals surface area (Å²) >= 11 is 2.26. The quantitative estimate of drug-likeness (QED) is 0.615. The van der Waals surface area contributed by atoms with Crippen molar-refractivity contribution in [2.75, 3.05) is 5.32 Å². The fourth-order valence-corrected chi connectivity index (χ4v) is 3.09. The van der Waals surface area contributed by atoms with Crippen LogP contribution in [0.2, 0.25) is 0 Å². The number of benzene rings is 2. The summed E-state index contributed by atoms with van der Waals surface area (Å²) in [5.41, 5.74) is 4.19. The summed E-state index contributed by atoms with van der Waals surface area (Å²) in [6.07, 6.45) is 0. The summed E-state index contributed by atoms with van der Waals surface area (Å²) in [5, 5.41) is 2.86. The van der Waals surface area contributed by atoms with Crippen molar-refractivity contribution in [3.05, 3.63) is 42.0 Å². The molecule has 21 heavy (non-hydrogen) atoms. The zero-order chi connectivity index (χ0) is 14.2. The predicted octanol–water partition coefficient (Wildman–Crippen LogP) is 2.95. The van der Waals surface area contributed by atoms with Crippen molar-refractivity contribution in [2.45, 2.75) is 0 Å². The number of hydrogen-bond acceptors (Lipinski definition) is 7. The Balaban J connectivity index is 1.70. The lowest BCUT2D eigenvalue weighted by Crippen LogP contribution is -2.12. The van der Waals surface area contributed by atoms with E-state index >= 15 is 0 Å². The van der Waals surface area contributed by atoms with Crippen LogP contribution in [0.5, 0.6) is 0 Å². The van der Waals surface area contributed by atoms with Gasteiger partial charge in [0, 0.05) is 5.56 Å². The molecule has 6 nitrogen and oxygen atoms in total. The number of carbonyl (C=O) groups is 1. The summed E-state index contributed by atoms with van der Waals surface area (Å²) in [6, 6.07) is 10.8. The molecule has 0 saturated carbocycles. The number of aromatic nitrogens is 4. The zero-order valence-corrected chi connectivity index (χ0v) is 12.1. The third-order valence-electron chi connectivity index (χ3n) is 3.05. The van der Waals surface area contributed by atoms with Crippen LogP contribution in [0.15, 0.2) is 36.4 Å². The Kier molecular flexibility index (Phi) is 2.83. The number of hydrogen-bond donors (Lipinski definition) is 1. The Labute approximate surface area is 127 Å². The highest BCUT2D eigenvalue weighted by Crippen LogP contribution is 2.22. The summed E-state index contributed by atoms with van der Waals surface area (Å²) in [6.45, 7) is 0. The molecular formula is C13H7N5OS2. The standard InChI is InChI=1S/C13H7N5OS2/c19-13(7-4-5-8-11(6-7)17-20-15-8)14-9-2-1-3-10-12(9)18-21-16-10/h1-6H,(H,14,19). The van der Waals surface area contributed by atoms with Crippen LogP contribution < -0.4 is 5.32 Å². The topological polar surface area (TPSA) is 80.7 Å². The van der Waals surface area contributed by atoms with Crippen molar-refractivity contribution in [1.29, 1.82) is 0 Å². The van der Waals surface area contributed by atoms with Crippen molar-refractivity contribution < 1.29 is 4.79 Å². The minimum atomic E-state index is -0.203. The van der Waals surface area contributed by atoms with Gasteiger partial charge < -0.3 is 5.32 Å². The monoisotopic (exact) mass is 313 g/mol. The molecule has 2 aromatic heterocycles. The Morgan fingerprint density at radius 2 is 1.71 bits per heavy atom. The minimum absolute atomic E-state index is 0.203. The molecule has 4 rings (SSSR count). The van der Waals surface area contributed by atoms with Gasteiger partial charge in [0.25, 0.3) is 5.91 Å². The van der Waals surface area contributed by atoms with Crippen molar-refractivity contribution in [1.82, 2.24) is 17.5 Å². The summed E-state index contributed by atoms with van der Waals surface area (Å²) in [4.78, 5) is 12.3. The maximum atomic E-state index is 12.3. The second kappa shape index (κ2) is 4.83. The molecule has 2 heterocycles. The third kappa shape index (κ3) is 2.14. The predicted molar refractivity (Wildman–Crippen MR) is 82.8 cm³/mol. The fourth-order valence-electron chi connectivity index (χ4n) is 2.02. The fraction of sp³-hybridized carbons (Fsp3) is 0. The Morgan fingerprint density at radius 1 is 0.905 bits per heavy atom. The molecule has 0 spiro atoms. The number of nitrogens with zero attached hydrogens (tertiary/aromatic N) is 4. The molecule has 4 aromatic rings. The van der Waals surface area contributed by atoms with Gasteiger partial charge >= 0.3 is 0 Å². The molecule has 2 aromatic carbocycles. The van der Waals surface area contributed by atoms with Crippen molar-refractivity contribution in [2.24, 2.45) is 0 Å². The first-order valence-corrected chi connectivity index (χ1v) is 7.52. The smallest absolute Gasteiger partial charge is 0.255 e. The van der Waals surface area contributed by atoms with Gasteiger partial charge in [-0.05, 0) is 30.3 Å². The van der Waals surface area contributed by atoms with Crippen LogP contribution in [0.1, 0.15) is 10.4 Å². The van der Waals surface area contributed by atoms with E-state index in [9.17, 15) is 4.79 Å². The maximum absolute atomic E-state index is 12.3. The number of carbonyl (C=O) groups excluding carboxylic acids is 1.